The molecular formula is C32H31N11S2. The topological polar surface area (TPSA) is 143 Å². The second-order valence-corrected chi connectivity index (χ2v) is 12.5. The zero-order chi connectivity index (χ0) is 31.8. The van der Waals surface area contributed by atoms with Crippen LogP contribution in [0.15, 0.2) is 73.1 Å². The summed E-state index contributed by atoms with van der Waals surface area (Å²) in [5.41, 5.74) is 3.17. The molecule has 1 N–H and O–H groups in total. The van der Waals surface area contributed by atoms with Gasteiger partial charge in [0.15, 0.2) is 0 Å². The Bertz CT molecular complexity index is 1900. The van der Waals surface area contributed by atoms with Gasteiger partial charge in [-0.05, 0) is 50.5 Å². The smallest absolute Gasteiger partial charge is 0.225 e. The van der Waals surface area contributed by atoms with Gasteiger partial charge in [0, 0.05) is 39.6 Å². The zero-order valence-corrected chi connectivity index (χ0v) is 26.9. The highest BCUT2D eigenvalue weighted by molar-refractivity contribution is 7.19. The minimum atomic E-state index is -0.486. The molecule has 0 fully saturated rings. The Morgan fingerprint density at radius 1 is 0.711 bits per heavy atom. The number of nitrogens with zero attached hydrogens (tertiary/aromatic N) is 10. The van der Waals surface area contributed by atoms with Gasteiger partial charge >= 0.3 is 0 Å². The summed E-state index contributed by atoms with van der Waals surface area (Å²) >= 11 is 3.06. The third-order valence-corrected chi connectivity index (χ3v) is 8.75. The summed E-state index contributed by atoms with van der Waals surface area (Å²) in [5, 5.41) is 23.9. The van der Waals surface area contributed by atoms with Crippen LogP contribution in [0.3, 0.4) is 0 Å². The lowest BCUT2D eigenvalue weighted by atomic mass is 10.1. The molecule has 0 radical (unpaired) electrons. The zero-order valence-electron chi connectivity index (χ0n) is 25.3. The van der Waals surface area contributed by atoms with Crippen LogP contribution in [0.4, 0.5) is 11.9 Å². The van der Waals surface area contributed by atoms with Crippen LogP contribution in [-0.2, 0) is 0 Å². The summed E-state index contributed by atoms with van der Waals surface area (Å²) in [4.78, 5) is 30.4. The number of hydrogen-bond donors (Lipinski definition) is 1. The summed E-state index contributed by atoms with van der Waals surface area (Å²) < 4.78 is 2.15. The van der Waals surface area contributed by atoms with Crippen LogP contribution in [0.2, 0.25) is 0 Å². The van der Waals surface area contributed by atoms with Gasteiger partial charge in [-0.1, -0.05) is 24.3 Å². The molecule has 6 rings (SSSR count). The van der Waals surface area contributed by atoms with Crippen molar-refractivity contribution in [3.05, 3.63) is 94.5 Å². The van der Waals surface area contributed by atoms with E-state index in [-0.39, 0.29) is 0 Å². The van der Waals surface area contributed by atoms with Gasteiger partial charge in [0.1, 0.15) is 21.9 Å². The first-order valence-electron chi connectivity index (χ1n) is 14.1. The first-order valence-corrected chi connectivity index (χ1v) is 15.7. The second kappa shape index (κ2) is 14.6. The minimum absolute atomic E-state index is 0.468. The molecule has 0 saturated heterocycles. The average molecular weight is 634 g/mol. The monoisotopic (exact) mass is 633 g/mol. The molecule has 6 aromatic rings. The molecule has 13 heteroatoms. The largest absolute Gasteiger partial charge is 0.353 e. The molecule has 11 nitrogen and oxygen atoms in total. The van der Waals surface area contributed by atoms with Gasteiger partial charge in [-0.15, -0.1) is 22.7 Å². The first-order chi connectivity index (χ1) is 21.9. The minimum Gasteiger partial charge on any atom is -0.353 e. The van der Waals surface area contributed by atoms with Gasteiger partial charge in [0.25, 0.3) is 0 Å². The molecule has 4 heterocycles. The van der Waals surface area contributed by atoms with E-state index in [4.69, 9.17) is 0 Å². The van der Waals surface area contributed by atoms with Crippen molar-refractivity contribution in [3.8, 4) is 12.1 Å². The molecule has 4 aromatic heterocycles. The molecule has 0 spiro atoms. The molecule has 0 bridgehead atoms. The van der Waals surface area contributed by atoms with Gasteiger partial charge < -0.3 is 15.1 Å². The van der Waals surface area contributed by atoms with Gasteiger partial charge in [0.05, 0.1) is 44.0 Å². The Balaban J connectivity index is 0.000000179. The number of likely N-dealkylation sites (N-methyl/N-ethyl adjacent to an activating group) is 1. The number of nitrogens with one attached hydrogen (secondary N) is 1. The highest BCUT2D eigenvalue weighted by atomic mass is 32.1. The van der Waals surface area contributed by atoms with Crippen LogP contribution >= 0.6 is 22.7 Å². The van der Waals surface area contributed by atoms with Crippen LogP contribution in [0, 0.1) is 22.7 Å². The molecule has 0 aliphatic heterocycles. The maximum absolute atomic E-state index is 9.63. The van der Waals surface area contributed by atoms with Crippen molar-refractivity contribution in [3.63, 3.8) is 0 Å². The van der Waals surface area contributed by atoms with Crippen molar-refractivity contribution in [2.24, 2.45) is 0 Å². The normalized spacial score (nSPS) is 12.2. The van der Waals surface area contributed by atoms with Crippen LogP contribution < -0.4 is 10.2 Å². The molecule has 0 amide bonds. The lowest BCUT2D eigenvalue weighted by molar-refractivity contribution is 0.425. The number of fused-ring (bicyclic) bond motifs is 2. The predicted molar refractivity (Wildman–Crippen MR) is 180 cm³/mol. The molecule has 2 atom stereocenters. The van der Waals surface area contributed by atoms with E-state index in [1.165, 1.54) is 22.7 Å². The number of nitriles is 2. The van der Waals surface area contributed by atoms with Crippen molar-refractivity contribution in [1.29, 1.82) is 10.5 Å². The fraction of sp³-hybridized carbons (Fsp3) is 0.250. The van der Waals surface area contributed by atoms with Crippen molar-refractivity contribution in [2.45, 2.75) is 11.8 Å². The predicted octanol–water partition coefficient (Wildman–Crippen LogP) is 5.52. The molecular weight excluding hydrogens is 603 g/mol. The highest BCUT2D eigenvalue weighted by Crippen LogP contribution is 2.32. The van der Waals surface area contributed by atoms with Crippen molar-refractivity contribution < 1.29 is 0 Å². The fourth-order valence-electron chi connectivity index (χ4n) is 4.27. The summed E-state index contributed by atoms with van der Waals surface area (Å²) in [6, 6.07) is 23.9. The number of benzene rings is 2. The maximum atomic E-state index is 9.63. The first kappa shape index (κ1) is 31.3. The lowest BCUT2D eigenvalue weighted by Crippen LogP contribution is -2.21. The average Bonchev–Trinajstić information content (AvgIpc) is 3.67. The number of rotatable bonds is 9. The van der Waals surface area contributed by atoms with Gasteiger partial charge in [0.2, 0.25) is 11.9 Å². The number of thiazole rings is 2. The number of anilines is 2. The van der Waals surface area contributed by atoms with Gasteiger partial charge in [-0.25, -0.2) is 29.9 Å². The maximum Gasteiger partial charge on any atom is 0.225 e. The van der Waals surface area contributed by atoms with E-state index in [0.717, 1.165) is 43.5 Å². The molecule has 0 aliphatic rings. The van der Waals surface area contributed by atoms with Crippen LogP contribution in [0.1, 0.15) is 33.2 Å². The van der Waals surface area contributed by atoms with Crippen molar-refractivity contribution in [1.82, 2.24) is 34.8 Å². The molecule has 0 saturated carbocycles. The SMILES string of the molecule is CN(C)CCNc1nccc(C(C#N)c2nc3ccccc3s2)n1.CN(C)c1nccc(C(C#N)c2nc3ccccc3s2)n1. The summed E-state index contributed by atoms with van der Waals surface area (Å²) in [6.45, 7) is 1.63. The van der Waals surface area contributed by atoms with E-state index >= 15 is 0 Å². The summed E-state index contributed by atoms with van der Waals surface area (Å²) in [7, 11) is 7.77. The standard InChI is InChI=1S/C17H18N6S.C15H13N5S/c1-23(2)10-9-20-17-19-8-7-13(22-17)12(11-18)16-21-14-5-3-4-6-15(14)24-16;1-20(2)15-17-8-7-11(19-15)10(9-16)14-18-12-5-3-4-6-13(12)21-14/h3-8,12H,9-10H2,1-2H3,(H,19,20,22);3-8,10H,1-2H3. The fourth-order valence-corrected chi connectivity index (χ4v) is 6.32. The quantitative estimate of drug-likeness (QED) is 0.215. The van der Waals surface area contributed by atoms with E-state index in [1.54, 1.807) is 24.5 Å². The van der Waals surface area contributed by atoms with Crippen LogP contribution in [0.5, 0.6) is 0 Å². The van der Waals surface area contributed by atoms with E-state index in [2.05, 4.69) is 52.3 Å². The number of para-hydroxylation sites is 2. The third-order valence-electron chi connectivity index (χ3n) is 6.55. The van der Waals surface area contributed by atoms with Gasteiger partial charge in [-0.2, -0.15) is 10.5 Å². The Morgan fingerprint density at radius 3 is 1.76 bits per heavy atom. The molecule has 0 aliphatic carbocycles. The van der Waals surface area contributed by atoms with E-state index < -0.39 is 11.8 Å². The Hall–Kier alpha value is -5.08. The van der Waals surface area contributed by atoms with Crippen LogP contribution in [-0.4, -0.2) is 76.1 Å². The molecule has 226 valence electrons. The molecule has 2 unspecified atom stereocenters. The number of hydrogen-bond acceptors (Lipinski definition) is 13. The van der Waals surface area contributed by atoms with Crippen molar-refractivity contribution in [2.75, 3.05) is 51.5 Å². The van der Waals surface area contributed by atoms with Crippen molar-refractivity contribution >= 4 is 55.0 Å². The molecule has 2 aromatic carbocycles. The Kier molecular flexibility index (Phi) is 10.2. The van der Waals surface area contributed by atoms with E-state index in [9.17, 15) is 10.5 Å². The number of aromatic nitrogens is 6. The summed E-state index contributed by atoms with van der Waals surface area (Å²) in [5.74, 6) is 0.175. The Labute approximate surface area is 269 Å². The highest BCUT2D eigenvalue weighted by Gasteiger charge is 2.21. The lowest BCUT2D eigenvalue weighted by Gasteiger charge is -2.12. The second-order valence-electron chi connectivity index (χ2n) is 10.4. The molecule has 45 heavy (non-hydrogen) atoms. The van der Waals surface area contributed by atoms with E-state index in [0.29, 0.717) is 23.3 Å². The van der Waals surface area contributed by atoms with Crippen LogP contribution in [0.25, 0.3) is 20.4 Å². The third kappa shape index (κ3) is 7.72. The van der Waals surface area contributed by atoms with E-state index in [1.807, 2.05) is 81.6 Å². The summed E-state index contributed by atoms with van der Waals surface area (Å²) in [6.07, 6.45) is 3.35. The van der Waals surface area contributed by atoms with Gasteiger partial charge in [-0.3, -0.25) is 0 Å². The Morgan fingerprint density at radius 2 is 1.24 bits per heavy atom.